The number of aromatic nitrogens is 2. The van der Waals surface area contributed by atoms with E-state index in [1.54, 1.807) is 29.1 Å². The molecular weight excluding hydrogens is 334 g/mol. The van der Waals surface area contributed by atoms with Gasteiger partial charge in [-0.15, -0.1) is 22.7 Å². The Labute approximate surface area is 139 Å². The highest BCUT2D eigenvalue weighted by molar-refractivity contribution is 7.14. The molecule has 0 atom stereocenters. The molecule has 23 heavy (non-hydrogen) atoms. The van der Waals surface area contributed by atoms with Crippen LogP contribution in [0.5, 0.6) is 0 Å². The first-order valence-electron chi connectivity index (χ1n) is 6.50. The number of carbonyl (C=O) groups is 2. The minimum absolute atomic E-state index is 0.222. The average molecular weight is 345 g/mol. The molecule has 2 aromatic heterocycles. The second-order valence-corrected chi connectivity index (χ2v) is 6.03. The number of nitrogens with zero attached hydrogens (tertiary/aromatic N) is 2. The molecule has 3 N–H and O–H groups in total. The van der Waals surface area contributed by atoms with Crippen LogP contribution >= 0.6 is 22.7 Å². The van der Waals surface area contributed by atoms with Gasteiger partial charge < -0.3 is 5.32 Å². The van der Waals surface area contributed by atoms with Gasteiger partial charge >= 0.3 is 6.03 Å². The minimum Gasteiger partial charge on any atom is -0.308 e. The van der Waals surface area contributed by atoms with Crippen molar-refractivity contribution in [3.63, 3.8) is 0 Å². The predicted octanol–water partition coefficient (Wildman–Crippen LogP) is 3.50. The first-order valence-corrected chi connectivity index (χ1v) is 8.26. The second-order valence-electron chi connectivity index (χ2n) is 4.27. The van der Waals surface area contributed by atoms with Crippen LogP contribution < -0.4 is 16.0 Å². The molecule has 3 aromatic rings. The van der Waals surface area contributed by atoms with E-state index in [4.69, 9.17) is 0 Å². The minimum atomic E-state index is -0.419. The Morgan fingerprint density at radius 1 is 0.957 bits per heavy atom. The zero-order valence-corrected chi connectivity index (χ0v) is 13.3. The quantitative estimate of drug-likeness (QED) is 0.674. The molecule has 0 aliphatic heterocycles. The summed E-state index contributed by atoms with van der Waals surface area (Å²) in [6.45, 7) is 0. The number of rotatable bonds is 4. The average Bonchev–Trinajstić information content (AvgIpc) is 3.20. The molecule has 3 rings (SSSR count). The summed E-state index contributed by atoms with van der Waals surface area (Å²) in [4.78, 5) is 31.9. The van der Waals surface area contributed by atoms with Gasteiger partial charge in [0.1, 0.15) is 5.69 Å². The van der Waals surface area contributed by atoms with Crippen molar-refractivity contribution in [1.29, 1.82) is 0 Å². The number of hydrogen-bond donors (Lipinski definition) is 3. The van der Waals surface area contributed by atoms with Gasteiger partial charge in [-0.05, 0) is 12.1 Å². The maximum absolute atomic E-state index is 12.0. The van der Waals surface area contributed by atoms with Gasteiger partial charge in [0.05, 0.1) is 0 Å². The second kappa shape index (κ2) is 6.99. The van der Waals surface area contributed by atoms with Crippen molar-refractivity contribution in [2.45, 2.75) is 0 Å². The lowest BCUT2D eigenvalue weighted by molar-refractivity contribution is 0.102. The van der Waals surface area contributed by atoms with E-state index in [0.717, 1.165) is 0 Å². The number of carbonyl (C=O) groups excluding carboxylic acids is 2. The van der Waals surface area contributed by atoms with Crippen LogP contribution in [0.4, 0.5) is 20.7 Å². The third-order valence-corrected chi connectivity index (χ3v) is 4.09. The van der Waals surface area contributed by atoms with Crippen molar-refractivity contribution < 1.29 is 9.59 Å². The molecule has 0 aliphatic rings. The maximum Gasteiger partial charge on any atom is 0.325 e. The monoisotopic (exact) mass is 345 g/mol. The van der Waals surface area contributed by atoms with Crippen LogP contribution in [0.25, 0.3) is 0 Å². The van der Waals surface area contributed by atoms with Crippen molar-refractivity contribution in [3.05, 3.63) is 53.0 Å². The highest BCUT2D eigenvalue weighted by atomic mass is 32.1. The number of para-hydroxylation sites is 1. The highest BCUT2D eigenvalue weighted by Crippen LogP contribution is 2.18. The molecule has 116 valence electrons. The third-order valence-electron chi connectivity index (χ3n) is 2.64. The van der Waals surface area contributed by atoms with E-state index in [0.29, 0.717) is 16.0 Å². The van der Waals surface area contributed by atoms with E-state index in [1.807, 2.05) is 18.2 Å². The summed E-state index contributed by atoms with van der Waals surface area (Å²) in [7, 11) is 0. The maximum atomic E-state index is 12.0. The van der Waals surface area contributed by atoms with Crippen LogP contribution in [-0.4, -0.2) is 21.9 Å². The van der Waals surface area contributed by atoms with Gasteiger partial charge in [-0.3, -0.25) is 15.4 Å². The van der Waals surface area contributed by atoms with Gasteiger partial charge in [0.15, 0.2) is 10.3 Å². The molecular formula is C14H11N5O2S2. The van der Waals surface area contributed by atoms with Crippen molar-refractivity contribution in [2.24, 2.45) is 0 Å². The van der Waals surface area contributed by atoms with Crippen molar-refractivity contribution in [3.8, 4) is 0 Å². The lowest BCUT2D eigenvalue weighted by Gasteiger charge is -2.04. The van der Waals surface area contributed by atoms with E-state index in [9.17, 15) is 9.59 Å². The first-order chi connectivity index (χ1) is 11.2. The molecule has 7 nitrogen and oxygen atoms in total. The van der Waals surface area contributed by atoms with Crippen LogP contribution in [-0.2, 0) is 0 Å². The molecule has 0 spiro atoms. The summed E-state index contributed by atoms with van der Waals surface area (Å²) in [5.74, 6) is -0.368. The Morgan fingerprint density at radius 2 is 1.78 bits per heavy atom. The van der Waals surface area contributed by atoms with Crippen LogP contribution in [0.1, 0.15) is 10.5 Å². The van der Waals surface area contributed by atoms with E-state index in [1.165, 1.54) is 22.7 Å². The number of amides is 3. The van der Waals surface area contributed by atoms with Gasteiger partial charge in [0, 0.05) is 22.6 Å². The van der Waals surface area contributed by atoms with Gasteiger partial charge in [0.2, 0.25) is 0 Å². The van der Waals surface area contributed by atoms with Crippen LogP contribution in [0, 0.1) is 0 Å². The van der Waals surface area contributed by atoms with Gasteiger partial charge in [-0.1, -0.05) is 18.2 Å². The molecule has 9 heteroatoms. The number of thiazole rings is 2. The van der Waals surface area contributed by atoms with E-state index < -0.39 is 6.03 Å². The van der Waals surface area contributed by atoms with Gasteiger partial charge in [0.25, 0.3) is 5.91 Å². The van der Waals surface area contributed by atoms with E-state index in [-0.39, 0.29) is 11.6 Å². The summed E-state index contributed by atoms with van der Waals surface area (Å²) >= 11 is 2.49. The molecule has 3 amide bonds. The third kappa shape index (κ3) is 4.11. The summed E-state index contributed by atoms with van der Waals surface area (Å²) in [6.07, 6.45) is 1.60. The summed E-state index contributed by atoms with van der Waals surface area (Å²) in [5.41, 5.74) is 0.892. The van der Waals surface area contributed by atoms with Crippen molar-refractivity contribution in [1.82, 2.24) is 9.97 Å². The van der Waals surface area contributed by atoms with Crippen molar-refractivity contribution in [2.75, 3.05) is 16.0 Å². The molecule has 2 heterocycles. The first kappa shape index (κ1) is 15.1. The normalized spacial score (nSPS) is 10.1. The molecule has 0 saturated heterocycles. The Bertz CT molecular complexity index is 802. The number of nitrogens with one attached hydrogen (secondary N) is 3. The summed E-state index contributed by atoms with van der Waals surface area (Å²) in [5, 5.41) is 12.1. The molecule has 0 aliphatic carbocycles. The predicted molar refractivity (Wildman–Crippen MR) is 91.3 cm³/mol. The van der Waals surface area contributed by atoms with Gasteiger partial charge in [-0.25, -0.2) is 14.8 Å². The molecule has 0 radical (unpaired) electrons. The van der Waals surface area contributed by atoms with Gasteiger partial charge in [-0.2, -0.15) is 0 Å². The SMILES string of the molecule is O=C(Nc1ccccc1)Nc1nc(C(=O)Nc2nccs2)cs1. The summed E-state index contributed by atoms with van der Waals surface area (Å²) in [6, 6.07) is 8.62. The molecule has 0 saturated carbocycles. The van der Waals surface area contributed by atoms with E-state index >= 15 is 0 Å². The molecule has 1 aromatic carbocycles. The largest absolute Gasteiger partial charge is 0.325 e. The van der Waals surface area contributed by atoms with Crippen molar-refractivity contribution >= 4 is 50.6 Å². The Kier molecular flexibility index (Phi) is 4.60. The van der Waals surface area contributed by atoms with Crippen LogP contribution in [0.3, 0.4) is 0 Å². The molecule has 0 unspecified atom stereocenters. The lowest BCUT2D eigenvalue weighted by Crippen LogP contribution is -2.19. The highest BCUT2D eigenvalue weighted by Gasteiger charge is 2.13. The smallest absolute Gasteiger partial charge is 0.308 e. The fourth-order valence-electron chi connectivity index (χ4n) is 1.66. The molecule has 0 bridgehead atoms. The number of benzene rings is 1. The topological polar surface area (TPSA) is 96.0 Å². The Morgan fingerprint density at radius 3 is 2.52 bits per heavy atom. The lowest BCUT2D eigenvalue weighted by atomic mass is 10.3. The fraction of sp³-hybridized carbons (Fsp3) is 0. The zero-order valence-electron chi connectivity index (χ0n) is 11.6. The van der Waals surface area contributed by atoms with E-state index in [2.05, 4.69) is 25.9 Å². The Balaban J connectivity index is 1.58. The number of anilines is 3. The fourth-order valence-corrected chi connectivity index (χ4v) is 2.87. The van der Waals surface area contributed by atoms with Crippen LogP contribution in [0.15, 0.2) is 47.3 Å². The standard InChI is InChI=1S/C14H11N5O2S2/c20-11(18-13-15-6-7-22-13)10-8-23-14(17-10)19-12(21)16-9-4-2-1-3-5-9/h1-8H,(H,15,18,20)(H2,16,17,19,21). The Hall–Kier alpha value is -2.78. The summed E-state index contributed by atoms with van der Waals surface area (Å²) < 4.78 is 0. The molecule has 0 fully saturated rings. The number of hydrogen-bond acceptors (Lipinski definition) is 6. The zero-order chi connectivity index (χ0) is 16.1. The van der Waals surface area contributed by atoms with Crippen LogP contribution in [0.2, 0.25) is 0 Å². The number of urea groups is 1.